The number of hydrogen-bond donors (Lipinski definition) is 0. The average Bonchev–Trinajstić information content (AvgIpc) is 2.31. The highest BCUT2D eigenvalue weighted by Gasteiger charge is 2.02. The fraction of sp³-hybridized carbons (Fsp3) is 0.333. The summed E-state index contributed by atoms with van der Waals surface area (Å²) in [5, 5.41) is 0. The second-order valence-corrected chi connectivity index (χ2v) is 4.13. The molecule has 0 aromatic heterocycles. The van der Waals surface area contributed by atoms with E-state index in [-0.39, 0.29) is 0 Å². The van der Waals surface area contributed by atoms with Crippen molar-refractivity contribution in [3.05, 3.63) is 53.3 Å². The van der Waals surface area contributed by atoms with Crippen molar-refractivity contribution in [2.45, 2.75) is 33.1 Å². The molecule has 1 aliphatic rings. The van der Waals surface area contributed by atoms with Gasteiger partial charge in [-0.15, -0.1) is 0 Å². The van der Waals surface area contributed by atoms with Crippen LogP contribution in [0.3, 0.4) is 0 Å². The lowest BCUT2D eigenvalue weighted by atomic mass is 10.1. The molecule has 1 nitrogen and oxygen atoms in total. The Balaban J connectivity index is 2.13. The van der Waals surface area contributed by atoms with E-state index in [0.29, 0.717) is 0 Å². The molecular formula is C15H18O. The molecular weight excluding hydrogens is 196 g/mol. The van der Waals surface area contributed by atoms with Crippen LogP contribution in [0.15, 0.2) is 42.2 Å². The molecule has 0 atom stereocenters. The van der Waals surface area contributed by atoms with Gasteiger partial charge in [-0.25, -0.2) is 0 Å². The summed E-state index contributed by atoms with van der Waals surface area (Å²) in [5.41, 5.74) is 2.70. The maximum Gasteiger partial charge on any atom is 0.127 e. The highest BCUT2D eigenvalue weighted by Crippen LogP contribution is 2.21. The van der Waals surface area contributed by atoms with Gasteiger partial charge in [0.05, 0.1) is 0 Å². The zero-order valence-corrected chi connectivity index (χ0v) is 9.99. The fourth-order valence-corrected chi connectivity index (χ4v) is 1.93. The Morgan fingerprint density at radius 2 is 2.12 bits per heavy atom. The third kappa shape index (κ3) is 2.54. The second-order valence-electron chi connectivity index (χ2n) is 4.13. The summed E-state index contributed by atoms with van der Waals surface area (Å²) in [7, 11) is 0. The quantitative estimate of drug-likeness (QED) is 0.733. The molecule has 2 rings (SSSR count). The number of benzene rings is 1. The lowest BCUT2D eigenvalue weighted by Crippen LogP contribution is -1.96. The number of aryl methyl sites for hydroxylation is 2. The van der Waals surface area contributed by atoms with E-state index in [9.17, 15) is 0 Å². The van der Waals surface area contributed by atoms with Crippen molar-refractivity contribution in [2.24, 2.45) is 0 Å². The van der Waals surface area contributed by atoms with Gasteiger partial charge in [-0.1, -0.05) is 19.1 Å². The van der Waals surface area contributed by atoms with Crippen LogP contribution in [0.5, 0.6) is 5.75 Å². The number of rotatable bonds is 3. The van der Waals surface area contributed by atoms with Crippen LogP contribution >= 0.6 is 0 Å². The molecule has 0 aliphatic heterocycles. The second kappa shape index (κ2) is 5.02. The first-order valence-electron chi connectivity index (χ1n) is 5.93. The van der Waals surface area contributed by atoms with Gasteiger partial charge in [-0.2, -0.15) is 0 Å². The zero-order chi connectivity index (χ0) is 11.4. The molecule has 84 valence electrons. The van der Waals surface area contributed by atoms with E-state index in [2.05, 4.69) is 44.2 Å². The van der Waals surface area contributed by atoms with Crippen molar-refractivity contribution in [1.82, 2.24) is 0 Å². The molecule has 0 saturated carbocycles. The highest BCUT2D eigenvalue weighted by molar-refractivity contribution is 5.36. The maximum atomic E-state index is 5.81. The van der Waals surface area contributed by atoms with Crippen LogP contribution in [0.2, 0.25) is 0 Å². The molecule has 0 spiro atoms. The Kier molecular flexibility index (Phi) is 3.45. The number of hydrogen-bond acceptors (Lipinski definition) is 1. The van der Waals surface area contributed by atoms with Gasteiger partial charge in [0.1, 0.15) is 11.5 Å². The average molecular weight is 214 g/mol. The van der Waals surface area contributed by atoms with E-state index in [1.54, 1.807) is 0 Å². The standard InChI is InChI=1S/C15H18O/c1-3-13-9-10-15(11-12(13)2)16-14-7-5-4-6-8-14/h5,7-11H,3-4,6H2,1-2H3. The topological polar surface area (TPSA) is 9.23 Å². The summed E-state index contributed by atoms with van der Waals surface area (Å²) in [5.74, 6) is 1.90. The van der Waals surface area contributed by atoms with Crippen LogP contribution in [0, 0.1) is 6.92 Å². The Labute approximate surface area is 97.4 Å². The monoisotopic (exact) mass is 214 g/mol. The lowest BCUT2D eigenvalue weighted by molar-refractivity contribution is 0.438. The van der Waals surface area contributed by atoms with E-state index < -0.39 is 0 Å². The summed E-state index contributed by atoms with van der Waals surface area (Å²) in [6.45, 7) is 4.31. The summed E-state index contributed by atoms with van der Waals surface area (Å²) >= 11 is 0. The predicted octanol–water partition coefficient (Wildman–Crippen LogP) is 4.17. The Morgan fingerprint density at radius 3 is 2.75 bits per heavy atom. The largest absolute Gasteiger partial charge is 0.458 e. The van der Waals surface area contributed by atoms with Crippen molar-refractivity contribution in [1.29, 1.82) is 0 Å². The summed E-state index contributed by atoms with van der Waals surface area (Å²) in [6, 6.07) is 6.31. The Bertz CT molecular complexity index is 427. The molecule has 0 amide bonds. The first-order chi connectivity index (χ1) is 7.79. The van der Waals surface area contributed by atoms with Crippen molar-refractivity contribution in [2.75, 3.05) is 0 Å². The van der Waals surface area contributed by atoms with E-state index in [4.69, 9.17) is 4.74 Å². The van der Waals surface area contributed by atoms with E-state index >= 15 is 0 Å². The summed E-state index contributed by atoms with van der Waals surface area (Å²) in [4.78, 5) is 0. The van der Waals surface area contributed by atoms with Crippen LogP contribution < -0.4 is 4.74 Å². The minimum Gasteiger partial charge on any atom is -0.458 e. The van der Waals surface area contributed by atoms with Crippen LogP contribution in [0.4, 0.5) is 0 Å². The summed E-state index contributed by atoms with van der Waals surface area (Å²) in [6.07, 6.45) is 9.63. The normalized spacial score (nSPS) is 14.8. The highest BCUT2D eigenvalue weighted by atomic mass is 16.5. The van der Waals surface area contributed by atoms with Crippen molar-refractivity contribution in [3.8, 4) is 5.75 Å². The minimum atomic E-state index is 0.938. The number of allylic oxidation sites excluding steroid dienone is 3. The first-order valence-corrected chi connectivity index (χ1v) is 5.93. The summed E-state index contributed by atoms with van der Waals surface area (Å²) < 4.78 is 5.81. The van der Waals surface area contributed by atoms with E-state index in [1.165, 1.54) is 11.1 Å². The van der Waals surface area contributed by atoms with Crippen LogP contribution in [0.1, 0.15) is 30.9 Å². The van der Waals surface area contributed by atoms with Gasteiger partial charge in [0.15, 0.2) is 0 Å². The molecule has 0 bridgehead atoms. The van der Waals surface area contributed by atoms with Crippen molar-refractivity contribution in [3.63, 3.8) is 0 Å². The predicted molar refractivity (Wildman–Crippen MR) is 67.6 cm³/mol. The molecule has 1 aliphatic carbocycles. The molecule has 1 aromatic carbocycles. The minimum absolute atomic E-state index is 0.938. The fourth-order valence-electron chi connectivity index (χ4n) is 1.93. The maximum absolute atomic E-state index is 5.81. The third-order valence-corrected chi connectivity index (χ3v) is 2.89. The molecule has 1 heteroatoms. The third-order valence-electron chi connectivity index (χ3n) is 2.89. The molecule has 16 heavy (non-hydrogen) atoms. The first kappa shape index (κ1) is 11.0. The van der Waals surface area contributed by atoms with Gasteiger partial charge in [0.25, 0.3) is 0 Å². The smallest absolute Gasteiger partial charge is 0.127 e. The zero-order valence-electron chi connectivity index (χ0n) is 9.99. The van der Waals surface area contributed by atoms with Gasteiger partial charge in [-0.05, 0) is 61.6 Å². The molecule has 1 aromatic rings. The SMILES string of the molecule is CCc1ccc(OC2=CCCC=C2)cc1C. The van der Waals surface area contributed by atoms with Gasteiger partial charge in [0.2, 0.25) is 0 Å². The molecule has 0 unspecified atom stereocenters. The van der Waals surface area contributed by atoms with Gasteiger partial charge < -0.3 is 4.74 Å². The molecule has 0 N–H and O–H groups in total. The number of ether oxygens (including phenoxy) is 1. The van der Waals surface area contributed by atoms with Crippen LogP contribution in [-0.2, 0) is 6.42 Å². The van der Waals surface area contributed by atoms with Crippen molar-refractivity contribution >= 4 is 0 Å². The Morgan fingerprint density at radius 1 is 1.25 bits per heavy atom. The molecule has 0 saturated heterocycles. The van der Waals surface area contributed by atoms with Gasteiger partial charge in [-0.3, -0.25) is 0 Å². The van der Waals surface area contributed by atoms with Crippen molar-refractivity contribution < 1.29 is 4.74 Å². The molecule has 0 radical (unpaired) electrons. The molecule has 0 fully saturated rings. The van der Waals surface area contributed by atoms with Gasteiger partial charge in [0, 0.05) is 0 Å². The van der Waals surface area contributed by atoms with E-state index in [1.807, 2.05) is 6.08 Å². The van der Waals surface area contributed by atoms with E-state index in [0.717, 1.165) is 30.8 Å². The van der Waals surface area contributed by atoms with Gasteiger partial charge >= 0.3 is 0 Å². The lowest BCUT2D eigenvalue weighted by Gasteiger charge is -2.11. The molecule has 0 heterocycles. The van der Waals surface area contributed by atoms with Crippen LogP contribution in [0.25, 0.3) is 0 Å². The Hall–Kier alpha value is -1.50. The van der Waals surface area contributed by atoms with Crippen LogP contribution in [-0.4, -0.2) is 0 Å².